The van der Waals surface area contributed by atoms with Gasteiger partial charge in [-0.25, -0.2) is 0 Å². The number of carbonyl (C=O) groups excluding carboxylic acids is 1. The molecule has 0 aliphatic heterocycles. The van der Waals surface area contributed by atoms with Crippen molar-refractivity contribution in [2.75, 3.05) is 0 Å². The zero-order chi connectivity index (χ0) is 8.55. The molecule has 1 aromatic rings. The summed E-state index contributed by atoms with van der Waals surface area (Å²) in [7, 11) is 0. The summed E-state index contributed by atoms with van der Waals surface area (Å²) in [5.41, 5.74) is 0. The van der Waals surface area contributed by atoms with Crippen LogP contribution in [-0.4, -0.2) is 15.9 Å². The van der Waals surface area contributed by atoms with Gasteiger partial charge in [0.1, 0.15) is 0 Å². The molecule has 12 heavy (non-hydrogen) atoms. The number of hydrogen-bond donors (Lipinski definition) is 0. The Labute approximate surface area is 70.0 Å². The van der Waals surface area contributed by atoms with Gasteiger partial charge in [0, 0.05) is 12.3 Å². The smallest absolute Gasteiger partial charge is 0.238 e. The van der Waals surface area contributed by atoms with Gasteiger partial charge in [0.25, 0.3) is 0 Å². The molecule has 1 aliphatic rings. The molecular formula is C8H10N2O2. The third kappa shape index (κ3) is 1.24. The lowest BCUT2D eigenvalue weighted by atomic mass is 10.3. The fourth-order valence-electron chi connectivity index (χ4n) is 1.00. The van der Waals surface area contributed by atoms with Gasteiger partial charge in [-0.1, -0.05) is 12.1 Å². The minimum Gasteiger partial charge on any atom is -0.339 e. The third-order valence-corrected chi connectivity index (χ3v) is 1.94. The highest BCUT2D eigenvalue weighted by Crippen LogP contribution is 2.38. The van der Waals surface area contributed by atoms with E-state index in [1.807, 2.05) is 0 Å². The topological polar surface area (TPSA) is 56.0 Å². The molecule has 0 N–H and O–H groups in total. The molecule has 0 aromatic carbocycles. The van der Waals surface area contributed by atoms with Crippen molar-refractivity contribution in [3.8, 4) is 0 Å². The molecule has 1 aliphatic carbocycles. The fraction of sp³-hybridized carbons (Fsp3) is 0.625. The molecule has 0 saturated heterocycles. The first-order valence-electron chi connectivity index (χ1n) is 4.18. The Morgan fingerprint density at radius 2 is 2.42 bits per heavy atom. The number of nitrogens with zero attached hydrogens (tertiary/aromatic N) is 2. The van der Waals surface area contributed by atoms with Crippen molar-refractivity contribution in [2.24, 2.45) is 0 Å². The Morgan fingerprint density at radius 1 is 1.67 bits per heavy atom. The summed E-state index contributed by atoms with van der Waals surface area (Å²) < 4.78 is 4.93. The molecule has 1 heterocycles. The van der Waals surface area contributed by atoms with Crippen molar-refractivity contribution in [3.05, 3.63) is 11.7 Å². The van der Waals surface area contributed by atoms with Crippen molar-refractivity contribution >= 4 is 5.78 Å². The Balaban J connectivity index is 2.17. The second-order valence-corrected chi connectivity index (χ2v) is 3.01. The number of Topliss-reactive ketones (excluding diaryl/α,β-unsaturated/α-hetero) is 1. The number of rotatable bonds is 3. The average molecular weight is 166 g/mol. The number of ketones is 1. The third-order valence-electron chi connectivity index (χ3n) is 1.94. The molecule has 64 valence electrons. The first kappa shape index (κ1) is 7.46. The van der Waals surface area contributed by atoms with E-state index in [1.165, 1.54) is 0 Å². The molecule has 0 radical (unpaired) electrons. The highest BCUT2D eigenvalue weighted by Gasteiger charge is 2.30. The zero-order valence-corrected chi connectivity index (χ0v) is 6.91. The molecule has 0 unspecified atom stereocenters. The predicted molar refractivity (Wildman–Crippen MR) is 40.9 cm³/mol. The molecule has 0 bridgehead atoms. The summed E-state index contributed by atoms with van der Waals surface area (Å²) in [6.07, 6.45) is 2.66. The largest absolute Gasteiger partial charge is 0.339 e. The van der Waals surface area contributed by atoms with Crippen LogP contribution in [0.2, 0.25) is 0 Å². The fourth-order valence-corrected chi connectivity index (χ4v) is 1.00. The van der Waals surface area contributed by atoms with Crippen LogP contribution in [0.5, 0.6) is 0 Å². The Bertz CT molecular complexity index is 302. The van der Waals surface area contributed by atoms with E-state index in [4.69, 9.17) is 4.52 Å². The van der Waals surface area contributed by atoms with Gasteiger partial charge in [-0.2, -0.15) is 4.98 Å². The number of hydrogen-bond acceptors (Lipinski definition) is 4. The van der Waals surface area contributed by atoms with Gasteiger partial charge in [0.2, 0.25) is 17.5 Å². The normalized spacial score (nSPS) is 16.4. The van der Waals surface area contributed by atoms with Gasteiger partial charge in [-0.3, -0.25) is 4.79 Å². The molecule has 0 spiro atoms. The minimum atomic E-state index is -0.0503. The number of aromatic nitrogens is 2. The van der Waals surface area contributed by atoms with Gasteiger partial charge >= 0.3 is 0 Å². The monoisotopic (exact) mass is 166 g/mol. The maximum Gasteiger partial charge on any atom is 0.238 e. The Hall–Kier alpha value is -1.19. The van der Waals surface area contributed by atoms with Gasteiger partial charge in [-0.15, -0.1) is 0 Å². The molecule has 1 saturated carbocycles. The van der Waals surface area contributed by atoms with Crippen LogP contribution >= 0.6 is 0 Å². The molecule has 0 amide bonds. The van der Waals surface area contributed by atoms with E-state index in [9.17, 15) is 4.79 Å². The maximum absolute atomic E-state index is 11.1. The molecule has 2 rings (SSSR count). The van der Waals surface area contributed by atoms with Crippen LogP contribution in [0, 0.1) is 0 Å². The number of carbonyl (C=O) groups is 1. The first-order chi connectivity index (χ1) is 5.81. The second-order valence-electron chi connectivity index (χ2n) is 3.01. The molecule has 1 fully saturated rings. The van der Waals surface area contributed by atoms with Crippen LogP contribution in [0.25, 0.3) is 0 Å². The highest BCUT2D eigenvalue weighted by atomic mass is 16.5. The molecule has 0 atom stereocenters. The van der Waals surface area contributed by atoms with E-state index in [0.717, 1.165) is 12.8 Å². The van der Waals surface area contributed by atoms with Gasteiger partial charge in [0.05, 0.1) is 0 Å². The van der Waals surface area contributed by atoms with E-state index in [-0.39, 0.29) is 11.6 Å². The van der Waals surface area contributed by atoms with Crippen LogP contribution < -0.4 is 0 Å². The first-order valence-corrected chi connectivity index (χ1v) is 4.18. The lowest BCUT2D eigenvalue weighted by molar-refractivity contribution is 0.0975. The van der Waals surface area contributed by atoms with Crippen LogP contribution in [0.3, 0.4) is 0 Å². The standard InChI is InChI=1S/C8H10N2O2/c1-2-6(11)7-9-8(12-10-7)5-3-4-5/h5H,2-4H2,1H3. The van der Waals surface area contributed by atoms with Crippen molar-refractivity contribution in [1.29, 1.82) is 0 Å². The van der Waals surface area contributed by atoms with Crippen LogP contribution in [0.1, 0.15) is 48.6 Å². The summed E-state index contributed by atoms with van der Waals surface area (Å²) in [5.74, 6) is 1.24. The lowest BCUT2D eigenvalue weighted by Crippen LogP contribution is -1.98. The van der Waals surface area contributed by atoms with Crippen molar-refractivity contribution in [1.82, 2.24) is 10.1 Å². The second kappa shape index (κ2) is 2.69. The van der Waals surface area contributed by atoms with Gasteiger partial charge < -0.3 is 4.52 Å². The molecule has 4 heteroatoms. The summed E-state index contributed by atoms with van der Waals surface area (Å²) >= 11 is 0. The quantitative estimate of drug-likeness (QED) is 0.639. The lowest BCUT2D eigenvalue weighted by Gasteiger charge is -1.83. The van der Waals surface area contributed by atoms with E-state index >= 15 is 0 Å². The average Bonchev–Trinajstić information content (AvgIpc) is 2.83. The summed E-state index contributed by atoms with van der Waals surface area (Å²) in [4.78, 5) is 15.1. The summed E-state index contributed by atoms with van der Waals surface area (Å²) in [6.45, 7) is 1.79. The van der Waals surface area contributed by atoms with E-state index in [1.54, 1.807) is 6.92 Å². The summed E-state index contributed by atoms with van der Waals surface area (Å²) in [6, 6.07) is 0. The van der Waals surface area contributed by atoms with Crippen molar-refractivity contribution < 1.29 is 9.32 Å². The van der Waals surface area contributed by atoms with Crippen LogP contribution in [-0.2, 0) is 0 Å². The van der Waals surface area contributed by atoms with Crippen molar-refractivity contribution in [2.45, 2.75) is 32.1 Å². The predicted octanol–water partition coefficient (Wildman–Crippen LogP) is 1.54. The minimum absolute atomic E-state index is 0.0503. The van der Waals surface area contributed by atoms with E-state index in [0.29, 0.717) is 18.2 Å². The molecule has 1 aromatic heterocycles. The Morgan fingerprint density at radius 3 is 3.00 bits per heavy atom. The molecule has 4 nitrogen and oxygen atoms in total. The van der Waals surface area contributed by atoms with Crippen molar-refractivity contribution in [3.63, 3.8) is 0 Å². The Kier molecular flexibility index (Phi) is 1.67. The maximum atomic E-state index is 11.1. The van der Waals surface area contributed by atoms with Gasteiger partial charge in [-0.05, 0) is 12.8 Å². The summed E-state index contributed by atoms with van der Waals surface area (Å²) in [5, 5.41) is 3.61. The zero-order valence-electron chi connectivity index (χ0n) is 6.91. The van der Waals surface area contributed by atoms with Crippen LogP contribution in [0.4, 0.5) is 0 Å². The molecular weight excluding hydrogens is 156 g/mol. The van der Waals surface area contributed by atoms with E-state index < -0.39 is 0 Å². The highest BCUT2D eigenvalue weighted by molar-refractivity contribution is 5.91. The van der Waals surface area contributed by atoms with E-state index in [2.05, 4.69) is 10.1 Å². The van der Waals surface area contributed by atoms with Crippen LogP contribution in [0.15, 0.2) is 4.52 Å². The van der Waals surface area contributed by atoms with Gasteiger partial charge in [0.15, 0.2) is 0 Å². The SMILES string of the molecule is CCC(=O)c1noc(C2CC2)n1.